The van der Waals surface area contributed by atoms with E-state index in [1.165, 1.54) is 6.08 Å². The number of allylic oxidation sites excluding steroid dienone is 3. The van der Waals surface area contributed by atoms with E-state index < -0.39 is 0 Å². The molecular formula is C5H6O. The van der Waals surface area contributed by atoms with E-state index in [1.807, 2.05) is 6.92 Å². The highest BCUT2D eigenvalue weighted by atomic mass is 16.1. The van der Waals surface area contributed by atoms with Crippen molar-refractivity contribution in [1.29, 1.82) is 0 Å². The lowest BCUT2D eigenvalue weighted by atomic mass is 10.5. The molecule has 0 aliphatic rings. The normalized spacial score (nSPS) is 8.17. The van der Waals surface area contributed by atoms with E-state index in [4.69, 9.17) is 0 Å². The Morgan fingerprint density at radius 2 is 2.33 bits per heavy atom. The van der Waals surface area contributed by atoms with Crippen LogP contribution in [0.2, 0.25) is 0 Å². The summed E-state index contributed by atoms with van der Waals surface area (Å²) in [5.74, 6) is 1.61. The molecule has 0 bridgehead atoms. The van der Waals surface area contributed by atoms with Crippen LogP contribution in [0.5, 0.6) is 0 Å². The van der Waals surface area contributed by atoms with E-state index in [0.717, 1.165) is 0 Å². The minimum atomic E-state index is 1.32. The Hall–Kier alpha value is -0.810. The first-order chi connectivity index (χ1) is 2.91. The molecule has 0 fully saturated rings. The highest BCUT2D eigenvalue weighted by molar-refractivity contribution is 5.48. The van der Waals surface area contributed by atoms with Crippen LogP contribution in [0.1, 0.15) is 6.92 Å². The van der Waals surface area contributed by atoms with Gasteiger partial charge in [-0.3, -0.25) is 0 Å². The molecule has 0 aliphatic heterocycles. The molecule has 1 nitrogen and oxygen atoms in total. The topological polar surface area (TPSA) is 17.1 Å². The molecule has 0 radical (unpaired) electrons. The molecule has 0 atom stereocenters. The lowest BCUT2D eigenvalue weighted by Crippen LogP contribution is -1.43. The van der Waals surface area contributed by atoms with Crippen molar-refractivity contribution in [3.8, 4) is 0 Å². The minimum absolute atomic E-state index is 1.32. The van der Waals surface area contributed by atoms with Gasteiger partial charge in [-0.25, -0.2) is 4.79 Å². The van der Waals surface area contributed by atoms with Crippen LogP contribution in [-0.4, -0.2) is 5.94 Å². The third-order valence-electron chi connectivity index (χ3n) is 0.357. The quantitative estimate of drug-likeness (QED) is 0.340. The summed E-state index contributed by atoms with van der Waals surface area (Å²) in [6, 6.07) is 0. The van der Waals surface area contributed by atoms with Gasteiger partial charge < -0.3 is 0 Å². The lowest BCUT2D eigenvalue weighted by Gasteiger charge is -1.54. The summed E-state index contributed by atoms with van der Waals surface area (Å²) in [5, 5.41) is 0. The van der Waals surface area contributed by atoms with Crippen molar-refractivity contribution in [2.45, 2.75) is 6.92 Å². The Bertz CT molecular complexity index is 86.1. The van der Waals surface area contributed by atoms with Crippen LogP contribution in [0.4, 0.5) is 0 Å². The van der Waals surface area contributed by atoms with Gasteiger partial charge in [-0.05, 0) is 6.92 Å². The zero-order chi connectivity index (χ0) is 4.83. The Morgan fingerprint density at radius 1 is 1.67 bits per heavy atom. The van der Waals surface area contributed by atoms with Crippen LogP contribution < -0.4 is 0 Å². The standard InChI is InChI=1S/C5H6O/c1-2-3-4-5-6/h2-4H,1H3. The van der Waals surface area contributed by atoms with Crippen LogP contribution in [0.25, 0.3) is 0 Å². The van der Waals surface area contributed by atoms with Crippen LogP contribution in [0, 0.1) is 0 Å². The van der Waals surface area contributed by atoms with Gasteiger partial charge in [-0.15, -0.1) is 0 Å². The molecule has 0 rings (SSSR count). The van der Waals surface area contributed by atoms with E-state index >= 15 is 0 Å². The van der Waals surface area contributed by atoms with Crippen LogP contribution >= 0.6 is 0 Å². The number of hydrogen-bond donors (Lipinski definition) is 0. The van der Waals surface area contributed by atoms with Crippen molar-refractivity contribution in [2.24, 2.45) is 0 Å². The van der Waals surface area contributed by atoms with Gasteiger partial charge in [-0.2, -0.15) is 0 Å². The van der Waals surface area contributed by atoms with Gasteiger partial charge in [0.05, 0.1) is 0 Å². The third-order valence-corrected chi connectivity index (χ3v) is 0.357. The molecule has 0 amide bonds. The summed E-state index contributed by atoms with van der Waals surface area (Å²) in [6.45, 7) is 1.84. The monoisotopic (exact) mass is 82.0 g/mol. The van der Waals surface area contributed by atoms with Crippen LogP contribution in [0.3, 0.4) is 0 Å². The summed E-state index contributed by atoms with van der Waals surface area (Å²) in [6.07, 6.45) is 4.72. The molecule has 0 N–H and O–H groups in total. The minimum Gasteiger partial charge on any atom is -0.234 e. The summed E-state index contributed by atoms with van der Waals surface area (Å²) < 4.78 is 0. The Labute approximate surface area is 37.0 Å². The fourth-order valence-corrected chi connectivity index (χ4v) is 0.136. The molecule has 0 aliphatic carbocycles. The summed E-state index contributed by atoms with van der Waals surface area (Å²) >= 11 is 0. The van der Waals surface area contributed by atoms with Crippen LogP contribution in [-0.2, 0) is 4.79 Å². The average Bonchev–Trinajstić information content (AvgIpc) is 1.61. The zero-order valence-corrected chi connectivity index (χ0v) is 3.64. The van der Waals surface area contributed by atoms with E-state index in [0.29, 0.717) is 0 Å². The molecule has 0 unspecified atom stereocenters. The molecule has 0 spiro atoms. The average molecular weight is 82.1 g/mol. The SMILES string of the molecule is CC=CC=C=O. The number of hydrogen-bond acceptors (Lipinski definition) is 1. The second kappa shape index (κ2) is 4.19. The molecule has 0 saturated carbocycles. The van der Waals surface area contributed by atoms with Gasteiger partial charge in [0.2, 0.25) is 0 Å². The molecule has 0 aromatic rings. The molecule has 0 heterocycles. The van der Waals surface area contributed by atoms with Gasteiger partial charge in [0.1, 0.15) is 5.94 Å². The molecular weight excluding hydrogens is 76.1 g/mol. The Balaban J connectivity index is 3.33. The summed E-state index contributed by atoms with van der Waals surface area (Å²) in [4.78, 5) is 9.33. The van der Waals surface area contributed by atoms with Gasteiger partial charge in [0.15, 0.2) is 0 Å². The van der Waals surface area contributed by atoms with Gasteiger partial charge in [0.25, 0.3) is 0 Å². The van der Waals surface area contributed by atoms with E-state index in [1.54, 1.807) is 18.1 Å². The van der Waals surface area contributed by atoms with Crippen molar-refractivity contribution >= 4 is 5.94 Å². The first kappa shape index (κ1) is 5.19. The maximum atomic E-state index is 9.33. The van der Waals surface area contributed by atoms with Crippen molar-refractivity contribution < 1.29 is 4.79 Å². The lowest BCUT2D eigenvalue weighted by molar-refractivity contribution is 0.569. The molecule has 6 heavy (non-hydrogen) atoms. The third kappa shape index (κ3) is 3.19. The summed E-state index contributed by atoms with van der Waals surface area (Å²) in [7, 11) is 0. The smallest absolute Gasteiger partial charge is 0.124 e. The van der Waals surface area contributed by atoms with Gasteiger partial charge in [0, 0.05) is 6.08 Å². The van der Waals surface area contributed by atoms with Crippen molar-refractivity contribution in [2.75, 3.05) is 0 Å². The maximum Gasteiger partial charge on any atom is 0.124 e. The first-order valence-corrected chi connectivity index (χ1v) is 1.74. The van der Waals surface area contributed by atoms with Crippen LogP contribution in [0.15, 0.2) is 18.2 Å². The number of rotatable bonds is 1. The molecule has 0 aromatic carbocycles. The first-order valence-electron chi connectivity index (χ1n) is 1.74. The number of carbonyl (C=O) groups excluding carboxylic acids is 1. The molecule has 1 heteroatoms. The van der Waals surface area contributed by atoms with Crippen molar-refractivity contribution in [3.05, 3.63) is 18.2 Å². The maximum absolute atomic E-state index is 9.33. The van der Waals surface area contributed by atoms with E-state index in [-0.39, 0.29) is 0 Å². The second-order valence-electron chi connectivity index (χ2n) is 0.810. The molecule has 0 saturated heterocycles. The predicted octanol–water partition coefficient (Wildman–Crippen LogP) is 0.950. The van der Waals surface area contributed by atoms with Crippen molar-refractivity contribution in [1.82, 2.24) is 0 Å². The predicted molar refractivity (Wildman–Crippen MR) is 25.1 cm³/mol. The molecule has 32 valence electrons. The zero-order valence-electron chi connectivity index (χ0n) is 3.64. The van der Waals surface area contributed by atoms with Gasteiger partial charge >= 0.3 is 0 Å². The Morgan fingerprint density at radius 3 is 2.50 bits per heavy atom. The summed E-state index contributed by atoms with van der Waals surface area (Å²) in [5.41, 5.74) is 0. The Kier molecular flexibility index (Phi) is 3.62. The second-order valence-corrected chi connectivity index (χ2v) is 0.810. The highest BCUT2D eigenvalue weighted by Gasteiger charge is 1.49. The highest BCUT2D eigenvalue weighted by Crippen LogP contribution is 1.63. The fraction of sp³-hybridized carbons (Fsp3) is 0.200. The molecule has 0 aromatic heterocycles. The largest absolute Gasteiger partial charge is 0.234 e. The fourth-order valence-electron chi connectivity index (χ4n) is 0.136. The van der Waals surface area contributed by atoms with E-state index in [9.17, 15) is 4.79 Å². The van der Waals surface area contributed by atoms with Crippen molar-refractivity contribution in [3.63, 3.8) is 0 Å². The van der Waals surface area contributed by atoms with E-state index in [2.05, 4.69) is 0 Å². The van der Waals surface area contributed by atoms with Gasteiger partial charge in [-0.1, -0.05) is 12.2 Å².